The number of thiazole rings is 1. The number of anilines is 1. The van der Waals surface area contributed by atoms with Gasteiger partial charge in [0.1, 0.15) is 5.82 Å². The highest BCUT2D eigenvalue weighted by molar-refractivity contribution is 7.13. The van der Waals surface area contributed by atoms with Crippen molar-refractivity contribution in [2.45, 2.75) is 33.6 Å². The van der Waals surface area contributed by atoms with Crippen LogP contribution in [0.5, 0.6) is 0 Å². The van der Waals surface area contributed by atoms with E-state index >= 15 is 0 Å². The molecule has 0 saturated heterocycles. The first-order chi connectivity index (χ1) is 8.72. The summed E-state index contributed by atoms with van der Waals surface area (Å²) in [7, 11) is 0. The molecule has 96 valence electrons. The molecule has 0 radical (unpaired) electrons. The second-order valence-electron chi connectivity index (χ2n) is 4.14. The summed E-state index contributed by atoms with van der Waals surface area (Å²) in [6.07, 6.45) is 2.05. The molecule has 0 aromatic carbocycles. The van der Waals surface area contributed by atoms with Gasteiger partial charge in [-0.1, -0.05) is 13.3 Å². The summed E-state index contributed by atoms with van der Waals surface area (Å²) in [5, 5.41) is 6.17. The molecule has 0 fully saturated rings. The van der Waals surface area contributed by atoms with Crippen LogP contribution < -0.4 is 5.32 Å². The molecule has 2 aromatic heterocycles. The van der Waals surface area contributed by atoms with Gasteiger partial charge in [-0.2, -0.15) is 0 Å². The minimum atomic E-state index is 0.731. The molecule has 5 heteroatoms. The molecule has 2 aromatic rings. The molecule has 18 heavy (non-hydrogen) atoms. The van der Waals surface area contributed by atoms with Gasteiger partial charge < -0.3 is 5.32 Å². The molecular weight excluding hydrogens is 244 g/mol. The Bertz CT molecular complexity index is 497. The predicted octanol–water partition coefficient (Wildman–Crippen LogP) is 3.29. The molecule has 1 N–H and O–H groups in total. The molecule has 0 bridgehead atoms. The van der Waals surface area contributed by atoms with E-state index in [1.54, 1.807) is 11.3 Å². The molecule has 0 spiro atoms. The zero-order chi connectivity index (χ0) is 13.0. The number of hydrogen-bond acceptors (Lipinski definition) is 5. The van der Waals surface area contributed by atoms with Crippen LogP contribution in [0.4, 0.5) is 5.82 Å². The zero-order valence-electron chi connectivity index (χ0n) is 11.0. The highest BCUT2D eigenvalue weighted by Crippen LogP contribution is 2.22. The highest BCUT2D eigenvalue weighted by atomic mass is 32.1. The number of hydrogen-bond donors (Lipinski definition) is 1. The molecule has 0 aliphatic heterocycles. The first-order valence-electron chi connectivity index (χ1n) is 6.27. The van der Waals surface area contributed by atoms with Gasteiger partial charge in [-0.3, -0.25) is 0 Å². The van der Waals surface area contributed by atoms with E-state index in [-0.39, 0.29) is 0 Å². The summed E-state index contributed by atoms with van der Waals surface area (Å²) in [5.74, 6) is 1.62. The van der Waals surface area contributed by atoms with Crippen molar-refractivity contribution in [3.8, 4) is 10.8 Å². The van der Waals surface area contributed by atoms with Crippen LogP contribution in [-0.4, -0.2) is 21.5 Å². The Morgan fingerprint density at radius 3 is 2.67 bits per heavy atom. The van der Waals surface area contributed by atoms with Crippen LogP contribution in [0.2, 0.25) is 0 Å². The third-order valence-corrected chi connectivity index (χ3v) is 3.41. The molecule has 0 unspecified atom stereocenters. The summed E-state index contributed by atoms with van der Waals surface area (Å²) in [6, 6.07) is 2.02. The van der Waals surface area contributed by atoms with Gasteiger partial charge in [-0.25, -0.2) is 15.0 Å². The standard InChI is InChI=1S/C13H18N4S/c1-4-6-10-7-11(14-5-2)17-12(16-10)13-15-9(3)8-18-13/h7-8H,4-6H2,1-3H3,(H,14,16,17). The first-order valence-corrected chi connectivity index (χ1v) is 7.15. The minimum absolute atomic E-state index is 0.731. The Labute approximate surface area is 112 Å². The number of aromatic nitrogens is 3. The van der Waals surface area contributed by atoms with E-state index in [0.717, 1.165) is 47.4 Å². The van der Waals surface area contributed by atoms with Crippen molar-refractivity contribution in [2.24, 2.45) is 0 Å². The summed E-state index contributed by atoms with van der Waals surface area (Å²) in [5.41, 5.74) is 2.09. The van der Waals surface area contributed by atoms with E-state index in [9.17, 15) is 0 Å². The monoisotopic (exact) mass is 262 g/mol. The average Bonchev–Trinajstić information content (AvgIpc) is 2.76. The van der Waals surface area contributed by atoms with Gasteiger partial charge in [-0.05, 0) is 20.3 Å². The Morgan fingerprint density at radius 2 is 2.06 bits per heavy atom. The lowest BCUT2D eigenvalue weighted by Crippen LogP contribution is -2.04. The normalized spacial score (nSPS) is 10.6. The predicted molar refractivity (Wildman–Crippen MR) is 76.0 cm³/mol. The Hall–Kier alpha value is -1.49. The van der Waals surface area contributed by atoms with Crippen LogP contribution in [-0.2, 0) is 6.42 Å². The second-order valence-corrected chi connectivity index (χ2v) is 5.00. The lowest BCUT2D eigenvalue weighted by molar-refractivity contribution is 0.874. The van der Waals surface area contributed by atoms with Crippen molar-refractivity contribution >= 4 is 17.2 Å². The fourth-order valence-electron chi connectivity index (χ4n) is 1.71. The number of aryl methyl sites for hydroxylation is 2. The van der Waals surface area contributed by atoms with Crippen LogP contribution in [0.1, 0.15) is 31.7 Å². The van der Waals surface area contributed by atoms with Crippen molar-refractivity contribution in [2.75, 3.05) is 11.9 Å². The van der Waals surface area contributed by atoms with E-state index in [4.69, 9.17) is 0 Å². The summed E-state index contributed by atoms with van der Waals surface area (Å²) < 4.78 is 0. The molecule has 2 heterocycles. The quantitative estimate of drug-likeness (QED) is 0.898. The van der Waals surface area contributed by atoms with Crippen molar-refractivity contribution in [1.82, 2.24) is 15.0 Å². The second kappa shape index (κ2) is 5.91. The highest BCUT2D eigenvalue weighted by Gasteiger charge is 2.09. The summed E-state index contributed by atoms with van der Waals surface area (Å²) in [6.45, 7) is 7.07. The van der Waals surface area contributed by atoms with Gasteiger partial charge in [0.15, 0.2) is 10.8 Å². The van der Waals surface area contributed by atoms with Crippen LogP contribution in [0.15, 0.2) is 11.4 Å². The molecule has 2 rings (SSSR count). The third kappa shape index (κ3) is 3.04. The van der Waals surface area contributed by atoms with Gasteiger partial charge in [0.2, 0.25) is 0 Å². The molecule has 0 amide bonds. The Balaban J connectivity index is 2.39. The van der Waals surface area contributed by atoms with Gasteiger partial charge in [-0.15, -0.1) is 11.3 Å². The molecule has 4 nitrogen and oxygen atoms in total. The van der Waals surface area contributed by atoms with Crippen LogP contribution in [0.3, 0.4) is 0 Å². The molecule has 0 saturated carbocycles. The van der Waals surface area contributed by atoms with Crippen molar-refractivity contribution in [3.63, 3.8) is 0 Å². The summed E-state index contributed by atoms with van der Waals surface area (Å²) in [4.78, 5) is 13.5. The van der Waals surface area contributed by atoms with Crippen molar-refractivity contribution in [3.05, 3.63) is 22.8 Å². The Kier molecular flexibility index (Phi) is 4.25. The largest absolute Gasteiger partial charge is 0.370 e. The lowest BCUT2D eigenvalue weighted by atomic mass is 10.2. The number of nitrogens with one attached hydrogen (secondary N) is 1. The molecule has 0 aliphatic carbocycles. The van der Waals surface area contributed by atoms with Crippen LogP contribution in [0.25, 0.3) is 10.8 Å². The van der Waals surface area contributed by atoms with Gasteiger partial charge in [0, 0.05) is 29.4 Å². The van der Waals surface area contributed by atoms with E-state index in [1.165, 1.54) is 0 Å². The van der Waals surface area contributed by atoms with Crippen LogP contribution in [0, 0.1) is 6.92 Å². The van der Waals surface area contributed by atoms with Gasteiger partial charge in [0.25, 0.3) is 0 Å². The molecule has 0 aliphatic rings. The van der Waals surface area contributed by atoms with Crippen LogP contribution >= 0.6 is 11.3 Å². The fourth-order valence-corrected chi connectivity index (χ4v) is 2.43. The smallest absolute Gasteiger partial charge is 0.190 e. The van der Waals surface area contributed by atoms with E-state index in [2.05, 4.69) is 34.1 Å². The number of rotatable bonds is 5. The lowest BCUT2D eigenvalue weighted by Gasteiger charge is -2.06. The molecular formula is C13H18N4S. The SMILES string of the molecule is CCCc1cc(NCC)nc(-c2nc(C)cs2)n1. The van der Waals surface area contributed by atoms with E-state index < -0.39 is 0 Å². The Morgan fingerprint density at radius 1 is 1.22 bits per heavy atom. The maximum absolute atomic E-state index is 4.59. The van der Waals surface area contributed by atoms with E-state index in [0.29, 0.717) is 0 Å². The average molecular weight is 262 g/mol. The topological polar surface area (TPSA) is 50.7 Å². The number of nitrogens with zero attached hydrogens (tertiary/aromatic N) is 3. The fraction of sp³-hybridized carbons (Fsp3) is 0.462. The first kappa shape index (κ1) is 13.0. The molecule has 0 atom stereocenters. The maximum atomic E-state index is 4.59. The summed E-state index contributed by atoms with van der Waals surface area (Å²) >= 11 is 1.59. The zero-order valence-corrected chi connectivity index (χ0v) is 11.8. The maximum Gasteiger partial charge on any atom is 0.190 e. The minimum Gasteiger partial charge on any atom is -0.370 e. The van der Waals surface area contributed by atoms with E-state index in [1.807, 2.05) is 18.4 Å². The van der Waals surface area contributed by atoms with Gasteiger partial charge >= 0.3 is 0 Å². The van der Waals surface area contributed by atoms with Crippen molar-refractivity contribution < 1.29 is 0 Å². The van der Waals surface area contributed by atoms with Gasteiger partial charge in [0.05, 0.1) is 0 Å². The third-order valence-electron chi connectivity index (χ3n) is 2.45. The van der Waals surface area contributed by atoms with Crippen molar-refractivity contribution in [1.29, 1.82) is 0 Å².